The van der Waals surface area contributed by atoms with Gasteiger partial charge in [0, 0.05) is 38.2 Å². The number of hydrogen-bond acceptors (Lipinski definition) is 5. The zero-order chi connectivity index (χ0) is 59.6. The van der Waals surface area contributed by atoms with Gasteiger partial charge in [-0.1, -0.05) is 115 Å². The third-order valence-corrected chi connectivity index (χ3v) is 15.8. The summed E-state index contributed by atoms with van der Waals surface area (Å²) < 4.78 is 95.6. The predicted molar refractivity (Wildman–Crippen MR) is 321 cm³/mol. The fraction of sp³-hybridized carbons (Fsp3) is 0.0274. The van der Waals surface area contributed by atoms with Crippen LogP contribution in [-0.2, 0) is 12.4 Å². The van der Waals surface area contributed by atoms with Crippen LogP contribution in [0.5, 0.6) is 0 Å². The van der Waals surface area contributed by atoms with Gasteiger partial charge in [0.15, 0.2) is 0 Å². The Balaban J connectivity index is 1.16. The number of rotatable bonds is 8. The van der Waals surface area contributed by atoms with Crippen LogP contribution in [0.4, 0.5) is 26.3 Å². The number of fused-ring (bicyclic) bond motifs is 6. The summed E-state index contributed by atoms with van der Waals surface area (Å²) in [6, 6.07) is 73.5. The smallest absolute Gasteiger partial charge is 0.309 e. The van der Waals surface area contributed by atoms with Gasteiger partial charge in [-0.05, 0) is 159 Å². The molecule has 0 spiro atoms. The topological polar surface area (TPSA) is 129 Å². The number of aromatic nitrogens is 2. The minimum absolute atomic E-state index is 0.179. The molecule has 0 radical (unpaired) electrons. The van der Waals surface area contributed by atoms with Gasteiger partial charge in [0.2, 0.25) is 0 Å². The lowest BCUT2D eigenvalue weighted by Gasteiger charge is -2.22. The number of nitrogens with zero attached hydrogens (tertiary/aromatic N) is 7. The van der Waals surface area contributed by atoms with E-state index >= 15 is 26.3 Å². The molecule has 0 amide bonds. The summed E-state index contributed by atoms with van der Waals surface area (Å²) in [6.45, 7) is 0. The van der Waals surface area contributed by atoms with Crippen LogP contribution in [0.2, 0.25) is 0 Å². The van der Waals surface area contributed by atoms with E-state index in [0.29, 0.717) is 139 Å². The lowest BCUT2D eigenvalue weighted by Crippen LogP contribution is -2.14. The Morgan fingerprint density at radius 3 is 0.977 bits per heavy atom. The van der Waals surface area contributed by atoms with E-state index in [1.807, 2.05) is 130 Å². The molecule has 0 aliphatic rings. The van der Waals surface area contributed by atoms with Crippen molar-refractivity contribution < 1.29 is 26.3 Å². The molecule has 0 atom stereocenters. The van der Waals surface area contributed by atoms with Gasteiger partial charge in [0.05, 0.1) is 103 Å². The summed E-state index contributed by atoms with van der Waals surface area (Å²) in [7, 11) is 0. The van der Waals surface area contributed by atoms with Crippen LogP contribution >= 0.6 is 0 Å². The monoisotopic (exact) mass is 1130 g/mol. The Morgan fingerprint density at radius 2 is 0.628 bits per heavy atom. The van der Waals surface area contributed by atoms with Crippen LogP contribution in [0.1, 0.15) is 38.9 Å². The van der Waals surface area contributed by atoms with Crippen molar-refractivity contribution in [1.82, 2.24) is 9.13 Å². The molecular formula is C73H37F6N7. The van der Waals surface area contributed by atoms with Gasteiger partial charge in [0.1, 0.15) is 0 Å². The summed E-state index contributed by atoms with van der Waals surface area (Å²) in [5.41, 5.74) is 6.28. The van der Waals surface area contributed by atoms with Crippen molar-refractivity contribution in [3.63, 3.8) is 0 Å². The van der Waals surface area contributed by atoms with Gasteiger partial charge in [-0.25, -0.2) is 0 Å². The van der Waals surface area contributed by atoms with E-state index in [0.717, 1.165) is 6.07 Å². The van der Waals surface area contributed by atoms with Crippen LogP contribution < -0.4 is 0 Å². The standard InChI is InChI=1S/C73H37F6N7/c74-72(75,76)63-18-9-19-64(73(77,78)79)71(63)48-25-31-65(85-66-27-21-44(53-14-5-1-10-49(53)39-81)33-59(66)60-34-45(22-28-67(60)85)54-15-6-2-11-50(54)40-82)58(37-48)57-26-20-43(38-80)32-70(57)86-68-29-23-46(55-16-7-3-12-51(55)41-83)35-61(68)62-36-47(24-30-69(62)86)56-17-8-4-13-52(56)42-84/h1-37H. The van der Waals surface area contributed by atoms with E-state index in [-0.39, 0.29) is 11.1 Å². The molecule has 0 N–H and O–H groups in total. The Hall–Kier alpha value is -12.0. The first-order chi connectivity index (χ1) is 41.7. The van der Waals surface area contributed by atoms with Crippen LogP contribution in [0.3, 0.4) is 0 Å². The molecule has 0 unspecified atom stereocenters. The summed E-state index contributed by atoms with van der Waals surface area (Å²) in [4.78, 5) is 0. The summed E-state index contributed by atoms with van der Waals surface area (Å²) in [5.74, 6) is 0. The van der Waals surface area contributed by atoms with Crippen molar-refractivity contribution in [2.45, 2.75) is 12.4 Å². The van der Waals surface area contributed by atoms with Crippen molar-refractivity contribution in [3.05, 3.63) is 263 Å². The van der Waals surface area contributed by atoms with Crippen LogP contribution in [0.15, 0.2) is 224 Å². The minimum Gasteiger partial charge on any atom is -0.309 e. The second-order valence-corrected chi connectivity index (χ2v) is 20.5. The maximum Gasteiger partial charge on any atom is 0.417 e. The van der Waals surface area contributed by atoms with Gasteiger partial charge in [-0.3, -0.25) is 0 Å². The number of halogens is 6. The molecule has 0 bridgehead atoms. The molecule has 2 aromatic heterocycles. The Labute approximate surface area is 487 Å². The molecule has 0 fully saturated rings. The second kappa shape index (κ2) is 20.8. The van der Waals surface area contributed by atoms with E-state index in [2.05, 4.69) is 30.3 Å². The highest BCUT2D eigenvalue weighted by atomic mass is 19.4. The highest BCUT2D eigenvalue weighted by Crippen LogP contribution is 2.49. The SMILES string of the molecule is N#Cc1ccc(-c2cc(-c3c(C(F)(F)F)cccc3C(F)(F)F)ccc2-n2c3ccc(-c4ccccc4C#N)cc3c3cc(-c4ccccc4C#N)ccc32)c(-n2c3ccc(-c4ccccc4C#N)cc3c3cc(-c4ccccc4C#N)ccc32)c1. The van der Waals surface area contributed by atoms with Crippen molar-refractivity contribution in [3.8, 4) is 108 Å². The first-order valence-electron chi connectivity index (χ1n) is 26.8. The molecule has 13 rings (SSSR count). The van der Waals surface area contributed by atoms with Crippen LogP contribution in [0, 0.1) is 56.7 Å². The summed E-state index contributed by atoms with van der Waals surface area (Å²) in [5, 5.41) is 54.4. The van der Waals surface area contributed by atoms with Crippen LogP contribution in [0.25, 0.3) is 122 Å². The molecule has 0 aliphatic carbocycles. The third-order valence-electron chi connectivity index (χ3n) is 15.8. The van der Waals surface area contributed by atoms with Crippen molar-refractivity contribution in [2.24, 2.45) is 0 Å². The zero-order valence-electron chi connectivity index (χ0n) is 44.8. The first kappa shape index (κ1) is 53.4. The minimum atomic E-state index is -5.23. The Kier molecular flexibility index (Phi) is 12.9. The molecule has 13 heteroatoms. The quantitative estimate of drug-likeness (QED) is 0.140. The molecule has 406 valence electrons. The van der Waals surface area contributed by atoms with Gasteiger partial charge < -0.3 is 9.13 Å². The average molecular weight is 1130 g/mol. The lowest BCUT2D eigenvalue weighted by molar-refractivity contribution is -0.142. The number of benzene rings is 11. The van der Waals surface area contributed by atoms with Gasteiger partial charge in [-0.15, -0.1) is 0 Å². The lowest BCUT2D eigenvalue weighted by atomic mass is 9.90. The highest BCUT2D eigenvalue weighted by Gasteiger charge is 2.41. The normalized spacial score (nSPS) is 11.5. The van der Waals surface area contributed by atoms with Crippen LogP contribution in [-0.4, -0.2) is 9.13 Å². The fourth-order valence-electron chi connectivity index (χ4n) is 12.0. The third kappa shape index (κ3) is 8.91. The molecule has 13 aromatic rings. The predicted octanol–water partition coefficient (Wildman–Crippen LogP) is 19.3. The molecular weight excluding hydrogens is 1090 g/mol. The zero-order valence-corrected chi connectivity index (χ0v) is 44.8. The Bertz CT molecular complexity index is 4980. The van der Waals surface area contributed by atoms with Gasteiger partial charge in [-0.2, -0.15) is 52.7 Å². The molecule has 0 aliphatic heterocycles. The maximum absolute atomic E-state index is 15.3. The average Bonchev–Trinajstić information content (AvgIpc) is 1.64. The maximum atomic E-state index is 15.3. The van der Waals surface area contributed by atoms with Crippen molar-refractivity contribution in [2.75, 3.05) is 0 Å². The molecule has 0 saturated carbocycles. The molecule has 86 heavy (non-hydrogen) atoms. The van der Waals surface area contributed by atoms with E-state index in [1.54, 1.807) is 66.7 Å². The van der Waals surface area contributed by atoms with E-state index < -0.39 is 34.6 Å². The second-order valence-electron chi connectivity index (χ2n) is 20.5. The molecule has 2 heterocycles. The van der Waals surface area contributed by atoms with Crippen molar-refractivity contribution >= 4 is 43.6 Å². The van der Waals surface area contributed by atoms with E-state index in [1.165, 1.54) is 18.2 Å². The van der Waals surface area contributed by atoms with Gasteiger partial charge in [0.25, 0.3) is 0 Å². The summed E-state index contributed by atoms with van der Waals surface area (Å²) in [6.07, 6.45) is -10.5. The summed E-state index contributed by atoms with van der Waals surface area (Å²) >= 11 is 0. The molecule has 7 nitrogen and oxygen atoms in total. The fourth-order valence-corrected chi connectivity index (χ4v) is 12.0. The first-order valence-corrected chi connectivity index (χ1v) is 26.8. The number of hydrogen-bond donors (Lipinski definition) is 0. The molecule has 0 saturated heterocycles. The highest BCUT2D eigenvalue weighted by molar-refractivity contribution is 6.14. The van der Waals surface area contributed by atoms with E-state index in [4.69, 9.17) is 0 Å². The number of nitriles is 5. The van der Waals surface area contributed by atoms with Gasteiger partial charge >= 0.3 is 12.4 Å². The van der Waals surface area contributed by atoms with Crippen molar-refractivity contribution in [1.29, 1.82) is 26.3 Å². The Morgan fingerprint density at radius 1 is 0.279 bits per heavy atom. The molecule has 11 aromatic carbocycles. The number of alkyl halides is 6. The largest absolute Gasteiger partial charge is 0.417 e. The van der Waals surface area contributed by atoms with E-state index in [9.17, 15) is 26.3 Å².